The molecule has 168 valence electrons. The van der Waals surface area contributed by atoms with Crippen molar-refractivity contribution in [3.05, 3.63) is 46.5 Å². The summed E-state index contributed by atoms with van der Waals surface area (Å²) in [6, 6.07) is -0.632. The van der Waals surface area contributed by atoms with Crippen LogP contribution < -0.4 is 5.32 Å². The fourth-order valence-electron chi connectivity index (χ4n) is 3.56. The average molecular weight is 476 g/mol. The molecule has 0 saturated carbocycles. The highest BCUT2D eigenvalue weighted by Crippen LogP contribution is 2.42. The molecule has 1 aromatic heterocycles. The number of carbonyl (C=O) groups is 1. The van der Waals surface area contributed by atoms with Gasteiger partial charge in [0.05, 0.1) is 10.0 Å². The monoisotopic (exact) mass is 475 g/mol. The zero-order valence-corrected chi connectivity index (χ0v) is 18.5. The molecule has 2 amide bonds. The summed E-state index contributed by atoms with van der Waals surface area (Å²) in [7, 11) is 3.47. The minimum Gasteiger partial charge on any atom is -0.325 e. The van der Waals surface area contributed by atoms with Crippen LogP contribution in [0.5, 0.6) is 0 Å². The highest BCUT2D eigenvalue weighted by Gasteiger charge is 2.44. The molecule has 0 radical (unpaired) electrons. The molecule has 3 rings (SSSR count). The first-order valence-corrected chi connectivity index (χ1v) is 10.4. The van der Waals surface area contributed by atoms with E-state index in [-0.39, 0.29) is 21.7 Å². The van der Waals surface area contributed by atoms with Crippen molar-refractivity contribution in [1.82, 2.24) is 25.1 Å². The van der Waals surface area contributed by atoms with Gasteiger partial charge >= 0.3 is 12.2 Å². The fourth-order valence-corrected chi connectivity index (χ4v) is 4.11. The molecule has 0 bridgehead atoms. The Morgan fingerprint density at radius 2 is 1.81 bits per heavy atom. The zero-order valence-electron chi connectivity index (χ0n) is 17.0. The number of hydrogen-bond donors (Lipinski definition) is 1. The standard InChI is InChI=1S/C20H22Cl2F3N5O/c1-29-7-5-13(6-8-29)30(2)19(31)28-18(20(23,24)25)15-4-3-14(16(21)17(15)22)12-9-26-11-27-10-12/h3-4,9-11,13,18H,5-8H2,1-2H3,(H,28,31). The molecule has 1 unspecified atom stereocenters. The van der Waals surface area contributed by atoms with Gasteiger partial charge in [-0.2, -0.15) is 13.2 Å². The Morgan fingerprint density at radius 3 is 2.39 bits per heavy atom. The van der Waals surface area contributed by atoms with Crippen molar-refractivity contribution in [2.45, 2.75) is 31.1 Å². The van der Waals surface area contributed by atoms with Gasteiger partial charge in [0.1, 0.15) is 6.33 Å². The number of aromatic nitrogens is 2. The lowest BCUT2D eigenvalue weighted by atomic mass is 10.0. The third-order valence-corrected chi connectivity index (χ3v) is 6.34. The molecule has 1 N–H and O–H groups in total. The number of carbonyl (C=O) groups excluding carboxylic acids is 1. The van der Waals surface area contributed by atoms with Gasteiger partial charge in [-0.05, 0) is 33.0 Å². The number of amides is 2. The van der Waals surface area contributed by atoms with E-state index in [9.17, 15) is 18.0 Å². The smallest absolute Gasteiger partial charge is 0.325 e. The maximum atomic E-state index is 13.9. The second kappa shape index (κ2) is 9.58. The van der Waals surface area contributed by atoms with E-state index in [1.54, 1.807) is 0 Å². The van der Waals surface area contributed by atoms with Crippen LogP contribution >= 0.6 is 23.2 Å². The van der Waals surface area contributed by atoms with Crippen LogP contribution in [0.15, 0.2) is 30.9 Å². The predicted molar refractivity (Wildman–Crippen MR) is 113 cm³/mol. The number of benzene rings is 1. The van der Waals surface area contributed by atoms with Crippen molar-refractivity contribution in [2.75, 3.05) is 27.2 Å². The topological polar surface area (TPSA) is 61.4 Å². The van der Waals surface area contributed by atoms with Gasteiger partial charge in [-0.15, -0.1) is 0 Å². The number of halogens is 5. The minimum atomic E-state index is -4.77. The average Bonchev–Trinajstić information content (AvgIpc) is 2.74. The zero-order chi connectivity index (χ0) is 22.8. The summed E-state index contributed by atoms with van der Waals surface area (Å²) in [5, 5.41) is 1.74. The molecule has 1 aromatic carbocycles. The number of likely N-dealkylation sites (tertiary alicyclic amines) is 1. The lowest BCUT2D eigenvalue weighted by Gasteiger charge is -2.36. The summed E-state index contributed by atoms with van der Waals surface area (Å²) in [4.78, 5) is 23.8. The van der Waals surface area contributed by atoms with Crippen molar-refractivity contribution < 1.29 is 18.0 Å². The van der Waals surface area contributed by atoms with E-state index >= 15 is 0 Å². The van der Waals surface area contributed by atoms with E-state index in [0.29, 0.717) is 24.0 Å². The lowest BCUT2D eigenvalue weighted by Crippen LogP contribution is -2.50. The van der Waals surface area contributed by atoms with E-state index in [1.165, 1.54) is 42.8 Å². The summed E-state index contributed by atoms with van der Waals surface area (Å²) in [5.74, 6) is 0. The number of alkyl halides is 3. The summed E-state index contributed by atoms with van der Waals surface area (Å²) >= 11 is 12.5. The summed E-state index contributed by atoms with van der Waals surface area (Å²) < 4.78 is 41.7. The number of rotatable bonds is 4. The van der Waals surface area contributed by atoms with E-state index < -0.39 is 18.2 Å². The van der Waals surface area contributed by atoms with Crippen molar-refractivity contribution in [1.29, 1.82) is 0 Å². The Balaban J connectivity index is 1.86. The van der Waals surface area contributed by atoms with Crippen molar-refractivity contribution in [3.63, 3.8) is 0 Å². The molecule has 31 heavy (non-hydrogen) atoms. The lowest BCUT2D eigenvalue weighted by molar-refractivity contribution is -0.155. The van der Waals surface area contributed by atoms with Gasteiger partial charge < -0.3 is 15.1 Å². The largest absolute Gasteiger partial charge is 0.412 e. The summed E-state index contributed by atoms with van der Waals surface area (Å²) in [6.45, 7) is 1.55. The molecule has 0 spiro atoms. The van der Waals surface area contributed by atoms with Crippen LogP contribution in [0.2, 0.25) is 10.0 Å². The molecule has 11 heteroatoms. The fraction of sp³-hybridized carbons (Fsp3) is 0.450. The Bertz CT molecular complexity index is 921. The predicted octanol–water partition coefficient (Wildman–Crippen LogP) is 4.79. The molecule has 1 aliphatic heterocycles. The first-order chi connectivity index (χ1) is 14.6. The molecule has 2 aromatic rings. The molecular formula is C20H22Cl2F3N5O. The first kappa shape index (κ1) is 23.6. The minimum absolute atomic E-state index is 0.0684. The van der Waals surface area contributed by atoms with Crippen molar-refractivity contribution >= 4 is 29.2 Å². The van der Waals surface area contributed by atoms with Crippen LogP contribution in [-0.2, 0) is 0 Å². The van der Waals surface area contributed by atoms with Crippen LogP contribution in [0.4, 0.5) is 18.0 Å². The van der Waals surface area contributed by atoms with E-state index in [0.717, 1.165) is 13.1 Å². The first-order valence-electron chi connectivity index (χ1n) is 9.61. The normalized spacial score (nSPS) is 16.7. The molecule has 1 aliphatic rings. The van der Waals surface area contributed by atoms with Crippen LogP contribution in [0.25, 0.3) is 11.1 Å². The van der Waals surface area contributed by atoms with Gasteiger partial charge in [-0.25, -0.2) is 14.8 Å². The highest BCUT2D eigenvalue weighted by molar-refractivity contribution is 6.44. The van der Waals surface area contributed by atoms with E-state index in [4.69, 9.17) is 23.2 Å². The summed E-state index contributed by atoms with van der Waals surface area (Å²) in [5.41, 5.74) is 0.576. The molecule has 1 saturated heterocycles. The van der Waals surface area contributed by atoms with Crippen molar-refractivity contribution in [3.8, 4) is 11.1 Å². The van der Waals surface area contributed by atoms with Crippen LogP contribution in [-0.4, -0.2) is 65.2 Å². The summed E-state index contributed by atoms with van der Waals surface area (Å²) in [6.07, 6.45) is 0.889. The maximum absolute atomic E-state index is 13.9. The third kappa shape index (κ3) is 5.39. The van der Waals surface area contributed by atoms with Gasteiger partial charge in [0.15, 0.2) is 6.04 Å². The van der Waals surface area contributed by atoms with E-state index in [2.05, 4.69) is 20.2 Å². The van der Waals surface area contributed by atoms with Gasteiger partial charge in [0, 0.05) is 42.2 Å². The Kier molecular flexibility index (Phi) is 7.28. The number of nitrogens with one attached hydrogen (secondary N) is 1. The number of piperidine rings is 1. The van der Waals surface area contributed by atoms with Gasteiger partial charge in [-0.3, -0.25) is 0 Å². The van der Waals surface area contributed by atoms with Crippen LogP contribution in [0, 0.1) is 0 Å². The molecule has 1 atom stereocenters. The van der Waals surface area contributed by atoms with Crippen LogP contribution in [0.3, 0.4) is 0 Å². The number of nitrogens with zero attached hydrogens (tertiary/aromatic N) is 4. The molecule has 1 fully saturated rings. The molecule has 6 nitrogen and oxygen atoms in total. The molecular weight excluding hydrogens is 454 g/mol. The number of urea groups is 1. The SMILES string of the molecule is CN1CCC(N(C)C(=O)NC(c2ccc(-c3cncnc3)c(Cl)c2Cl)C(F)(F)F)CC1. The van der Waals surface area contributed by atoms with Crippen molar-refractivity contribution in [2.24, 2.45) is 0 Å². The second-order valence-electron chi connectivity index (χ2n) is 7.53. The van der Waals surface area contributed by atoms with Gasteiger partial charge in [0.2, 0.25) is 0 Å². The third-order valence-electron chi connectivity index (χ3n) is 5.45. The molecule has 0 aliphatic carbocycles. The quantitative estimate of drug-likeness (QED) is 0.690. The Hall–Kier alpha value is -2.10. The Morgan fingerprint density at radius 1 is 1.19 bits per heavy atom. The molecule has 2 heterocycles. The van der Waals surface area contributed by atoms with E-state index in [1.807, 2.05) is 7.05 Å². The maximum Gasteiger partial charge on any atom is 0.412 e. The second-order valence-corrected chi connectivity index (χ2v) is 8.28. The number of hydrogen-bond acceptors (Lipinski definition) is 4. The van der Waals surface area contributed by atoms with Gasteiger partial charge in [0.25, 0.3) is 0 Å². The Labute approximate surface area is 188 Å². The van der Waals surface area contributed by atoms with Crippen LogP contribution in [0.1, 0.15) is 24.4 Å². The van der Waals surface area contributed by atoms with Gasteiger partial charge in [-0.1, -0.05) is 35.3 Å². The highest BCUT2D eigenvalue weighted by atomic mass is 35.5.